The third-order valence-electron chi connectivity index (χ3n) is 4.62. The smallest absolute Gasteiger partial charge is 0.403 e. The fourth-order valence-corrected chi connectivity index (χ4v) is 3.13. The first-order valence-electron chi connectivity index (χ1n) is 9.25. The minimum atomic E-state index is -5.19. The number of nitrogens with zero attached hydrogens (tertiary/aromatic N) is 1. The number of ketones is 1. The Kier molecular flexibility index (Phi) is 6.75. The number of halogens is 8. The molecule has 0 aliphatic heterocycles. The van der Waals surface area contributed by atoms with E-state index >= 15 is 0 Å². The number of alkyl halides is 6. The van der Waals surface area contributed by atoms with E-state index in [1.807, 2.05) is 0 Å². The van der Waals surface area contributed by atoms with Gasteiger partial charge in [-0.25, -0.2) is 8.78 Å². The standard InChI is InChI=1S/C21H12F8N2O3/c22-14-2-1-5-30-18(14)12(10-3-4-17(15(23)7-10)34-21(27,28)29)8-16(32)11-6-13(20(24,25)26)19(33)31-9-11/h1-7,9,12H,8H2,(H,31,33)/t12-/m0/s1. The maximum atomic E-state index is 14.4. The SMILES string of the molecule is O=C(C[C@@H](c1ccc(OC(F)(F)F)c(F)c1)c1ncccc1F)c1c[nH]c(=O)c(C(F)(F)F)c1. The molecule has 0 bridgehead atoms. The Morgan fingerprint density at radius 3 is 2.32 bits per heavy atom. The van der Waals surface area contributed by atoms with Crippen molar-refractivity contribution in [3.63, 3.8) is 0 Å². The summed E-state index contributed by atoms with van der Waals surface area (Å²) in [5, 5.41) is 0. The van der Waals surface area contributed by atoms with Crippen LogP contribution in [0.4, 0.5) is 35.1 Å². The van der Waals surface area contributed by atoms with Gasteiger partial charge in [0.15, 0.2) is 17.3 Å². The highest BCUT2D eigenvalue weighted by atomic mass is 19.4. The van der Waals surface area contributed by atoms with E-state index in [9.17, 15) is 44.7 Å². The molecule has 3 rings (SSSR count). The Labute approximate surface area is 185 Å². The fourth-order valence-electron chi connectivity index (χ4n) is 3.13. The Balaban J connectivity index is 2.02. The molecule has 1 N–H and O–H groups in total. The summed E-state index contributed by atoms with van der Waals surface area (Å²) in [6.07, 6.45) is -9.14. The van der Waals surface area contributed by atoms with Crippen molar-refractivity contribution < 1.29 is 44.7 Å². The minimum Gasteiger partial charge on any atom is -0.403 e. The molecule has 180 valence electrons. The third-order valence-corrected chi connectivity index (χ3v) is 4.62. The number of pyridine rings is 2. The number of hydrogen-bond donors (Lipinski definition) is 1. The number of rotatable bonds is 6. The maximum absolute atomic E-state index is 14.4. The van der Waals surface area contributed by atoms with Crippen molar-refractivity contribution in [2.75, 3.05) is 0 Å². The lowest BCUT2D eigenvalue weighted by Crippen LogP contribution is -2.23. The van der Waals surface area contributed by atoms with Crippen LogP contribution in [0.2, 0.25) is 0 Å². The van der Waals surface area contributed by atoms with Gasteiger partial charge in [0.25, 0.3) is 5.56 Å². The predicted molar refractivity (Wildman–Crippen MR) is 100 cm³/mol. The molecule has 5 nitrogen and oxygen atoms in total. The lowest BCUT2D eigenvalue weighted by Gasteiger charge is -2.18. The molecular formula is C21H12F8N2O3. The third kappa shape index (κ3) is 5.77. The zero-order chi connectivity index (χ0) is 25.3. The first kappa shape index (κ1) is 24.9. The molecule has 0 spiro atoms. The zero-order valence-corrected chi connectivity index (χ0v) is 16.6. The lowest BCUT2D eigenvalue weighted by molar-refractivity contribution is -0.275. The van der Waals surface area contributed by atoms with Crippen LogP contribution in [0.1, 0.15) is 39.5 Å². The van der Waals surface area contributed by atoms with Crippen molar-refractivity contribution in [3.05, 3.63) is 93.2 Å². The highest BCUT2D eigenvalue weighted by molar-refractivity contribution is 5.96. The van der Waals surface area contributed by atoms with E-state index in [0.717, 1.165) is 24.5 Å². The number of carbonyl (C=O) groups excluding carboxylic acids is 1. The van der Waals surface area contributed by atoms with Crippen LogP contribution < -0.4 is 10.3 Å². The number of aromatic amines is 1. The zero-order valence-electron chi connectivity index (χ0n) is 16.6. The number of nitrogens with one attached hydrogen (secondary N) is 1. The second-order valence-electron chi connectivity index (χ2n) is 6.92. The molecule has 2 heterocycles. The predicted octanol–water partition coefficient (Wildman–Crippen LogP) is 5.37. The van der Waals surface area contributed by atoms with Crippen LogP contribution >= 0.6 is 0 Å². The molecular weight excluding hydrogens is 480 g/mol. The molecule has 0 radical (unpaired) electrons. The molecule has 0 aliphatic rings. The van der Waals surface area contributed by atoms with E-state index in [1.54, 1.807) is 4.98 Å². The topological polar surface area (TPSA) is 72.0 Å². The van der Waals surface area contributed by atoms with Gasteiger partial charge in [-0.3, -0.25) is 14.6 Å². The maximum Gasteiger partial charge on any atom is 0.573 e. The van der Waals surface area contributed by atoms with Crippen LogP contribution in [-0.2, 0) is 6.18 Å². The van der Waals surface area contributed by atoms with Gasteiger partial charge in [0.2, 0.25) is 0 Å². The highest BCUT2D eigenvalue weighted by Crippen LogP contribution is 2.34. The minimum absolute atomic E-state index is 0.196. The van der Waals surface area contributed by atoms with Crippen LogP contribution in [0.3, 0.4) is 0 Å². The summed E-state index contributed by atoms with van der Waals surface area (Å²) in [7, 11) is 0. The molecule has 34 heavy (non-hydrogen) atoms. The van der Waals surface area contributed by atoms with E-state index in [1.165, 1.54) is 6.07 Å². The largest absolute Gasteiger partial charge is 0.573 e. The molecule has 1 atom stereocenters. The van der Waals surface area contributed by atoms with E-state index in [4.69, 9.17) is 0 Å². The first-order chi connectivity index (χ1) is 15.8. The van der Waals surface area contributed by atoms with Gasteiger partial charge in [-0.1, -0.05) is 6.07 Å². The Morgan fingerprint density at radius 2 is 1.74 bits per heavy atom. The second-order valence-corrected chi connectivity index (χ2v) is 6.92. The molecule has 0 fully saturated rings. The summed E-state index contributed by atoms with van der Waals surface area (Å²) < 4.78 is 108. The number of H-pyrrole nitrogens is 1. The van der Waals surface area contributed by atoms with Gasteiger partial charge < -0.3 is 9.72 Å². The highest BCUT2D eigenvalue weighted by Gasteiger charge is 2.35. The summed E-state index contributed by atoms with van der Waals surface area (Å²) in [5.41, 5.74) is -4.30. The van der Waals surface area contributed by atoms with Gasteiger partial charge in [0.05, 0.1) is 5.69 Å². The molecule has 0 amide bonds. The molecule has 2 aromatic heterocycles. The van der Waals surface area contributed by atoms with Crippen LogP contribution in [0.5, 0.6) is 5.75 Å². The number of benzene rings is 1. The van der Waals surface area contributed by atoms with Crippen LogP contribution in [0.15, 0.2) is 53.6 Å². The van der Waals surface area contributed by atoms with Crippen LogP contribution in [-0.4, -0.2) is 22.1 Å². The number of Topliss-reactive ketones (excluding diaryl/α,β-unsaturated/α-hetero) is 1. The normalized spacial score (nSPS) is 12.9. The summed E-state index contributed by atoms with van der Waals surface area (Å²) >= 11 is 0. The van der Waals surface area contributed by atoms with E-state index in [2.05, 4.69) is 9.72 Å². The Morgan fingerprint density at radius 1 is 1.03 bits per heavy atom. The van der Waals surface area contributed by atoms with Crippen LogP contribution in [0.25, 0.3) is 0 Å². The monoisotopic (exact) mass is 492 g/mol. The molecule has 1 aromatic carbocycles. The van der Waals surface area contributed by atoms with Gasteiger partial charge in [-0.05, 0) is 35.9 Å². The Hall–Kier alpha value is -3.77. The summed E-state index contributed by atoms with van der Waals surface area (Å²) in [5.74, 6) is -6.02. The fraction of sp³-hybridized carbons (Fsp3) is 0.190. The van der Waals surface area contributed by atoms with Crippen molar-refractivity contribution in [1.82, 2.24) is 9.97 Å². The van der Waals surface area contributed by atoms with Crippen molar-refractivity contribution in [2.45, 2.75) is 24.9 Å². The summed E-state index contributed by atoms with van der Waals surface area (Å²) in [4.78, 5) is 29.7. The molecule has 0 aliphatic carbocycles. The second kappa shape index (κ2) is 9.23. The van der Waals surface area contributed by atoms with Crippen LogP contribution in [0, 0.1) is 11.6 Å². The lowest BCUT2D eigenvalue weighted by atomic mass is 9.88. The van der Waals surface area contributed by atoms with E-state index < -0.39 is 70.4 Å². The van der Waals surface area contributed by atoms with Crippen molar-refractivity contribution in [2.24, 2.45) is 0 Å². The Bertz CT molecular complexity index is 1270. The van der Waals surface area contributed by atoms with E-state index in [0.29, 0.717) is 18.2 Å². The molecule has 0 saturated heterocycles. The van der Waals surface area contributed by atoms with Gasteiger partial charge in [0.1, 0.15) is 11.4 Å². The molecule has 0 unspecified atom stereocenters. The van der Waals surface area contributed by atoms with Gasteiger partial charge >= 0.3 is 12.5 Å². The average Bonchev–Trinajstić information content (AvgIpc) is 2.72. The van der Waals surface area contributed by atoms with Crippen molar-refractivity contribution in [1.29, 1.82) is 0 Å². The van der Waals surface area contributed by atoms with Crippen molar-refractivity contribution in [3.8, 4) is 5.75 Å². The molecule has 0 saturated carbocycles. The molecule has 3 aromatic rings. The number of aromatic nitrogens is 2. The quantitative estimate of drug-likeness (QED) is 0.371. The average molecular weight is 492 g/mol. The first-order valence-corrected chi connectivity index (χ1v) is 9.25. The van der Waals surface area contributed by atoms with Gasteiger partial charge in [-0.15, -0.1) is 13.2 Å². The molecule has 13 heteroatoms. The van der Waals surface area contributed by atoms with Crippen molar-refractivity contribution >= 4 is 5.78 Å². The van der Waals surface area contributed by atoms with Gasteiger partial charge in [0, 0.05) is 30.3 Å². The summed E-state index contributed by atoms with van der Waals surface area (Å²) in [6, 6.07) is 4.59. The number of hydrogen-bond acceptors (Lipinski definition) is 4. The van der Waals surface area contributed by atoms with E-state index in [-0.39, 0.29) is 5.56 Å². The summed E-state index contributed by atoms with van der Waals surface area (Å²) in [6.45, 7) is 0. The van der Waals surface area contributed by atoms with Gasteiger partial charge in [-0.2, -0.15) is 13.2 Å². The number of carbonyl (C=O) groups is 1. The number of ether oxygens (including phenoxy) is 1.